The lowest BCUT2D eigenvalue weighted by atomic mass is 10.1. The van der Waals surface area contributed by atoms with Gasteiger partial charge in [0.15, 0.2) is 5.65 Å². The highest BCUT2D eigenvalue weighted by molar-refractivity contribution is 6.06. The average molecular weight is 360 g/mol. The number of hydrogen-bond acceptors (Lipinski definition) is 4. The Morgan fingerprint density at radius 3 is 2.70 bits per heavy atom. The summed E-state index contributed by atoms with van der Waals surface area (Å²) in [5, 5.41) is 5.20. The predicted molar refractivity (Wildman–Crippen MR) is 103 cm³/mol. The second-order valence-corrected chi connectivity index (χ2v) is 6.36. The first-order chi connectivity index (χ1) is 13.2. The molecule has 0 aliphatic heterocycles. The molecule has 0 spiro atoms. The smallest absolute Gasteiger partial charge is 0.254 e. The van der Waals surface area contributed by atoms with Gasteiger partial charge in [-0.05, 0) is 25.1 Å². The van der Waals surface area contributed by atoms with E-state index in [0.29, 0.717) is 24.3 Å². The highest BCUT2D eigenvalue weighted by atomic mass is 16.3. The third-order valence-corrected chi connectivity index (χ3v) is 4.62. The standard InChI is InChI=1S/C21H20N4O2/c1-3-24(2)21(26)17-12-19(15-8-5-4-6-9-15)23-20-18(17)13-22-25(20)14-16-10-7-11-27-16/h4-13H,3,14H2,1-2H3. The molecule has 6 heteroatoms. The van der Waals surface area contributed by atoms with Crippen LogP contribution in [0.4, 0.5) is 0 Å². The molecular formula is C21H20N4O2. The average Bonchev–Trinajstić information content (AvgIpc) is 3.37. The quantitative estimate of drug-likeness (QED) is 0.542. The Morgan fingerprint density at radius 2 is 2.00 bits per heavy atom. The Labute approximate surface area is 157 Å². The minimum absolute atomic E-state index is 0.0420. The number of aromatic nitrogens is 3. The molecule has 1 amide bonds. The zero-order valence-corrected chi connectivity index (χ0v) is 15.3. The van der Waals surface area contributed by atoms with Crippen LogP contribution in [0, 0.1) is 0 Å². The summed E-state index contributed by atoms with van der Waals surface area (Å²) < 4.78 is 7.21. The van der Waals surface area contributed by atoms with Gasteiger partial charge in [0.2, 0.25) is 0 Å². The molecule has 4 rings (SSSR count). The van der Waals surface area contributed by atoms with Crippen molar-refractivity contribution in [2.75, 3.05) is 13.6 Å². The minimum Gasteiger partial charge on any atom is -0.467 e. The SMILES string of the molecule is CCN(C)C(=O)c1cc(-c2ccccc2)nc2c1cnn2Cc1ccco1. The maximum Gasteiger partial charge on any atom is 0.254 e. The fourth-order valence-electron chi connectivity index (χ4n) is 3.00. The summed E-state index contributed by atoms with van der Waals surface area (Å²) in [5.74, 6) is 0.741. The van der Waals surface area contributed by atoms with Crippen LogP contribution >= 0.6 is 0 Å². The fraction of sp³-hybridized carbons (Fsp3) is 0.190. The normalized spacial score (nSPS) is 11.0. The summed E-state index contributed by atoms with van der Waals surface area (Å²) in [6.45, 7) is 3.04. The van der Waals surface area contributed by atoms with E-state index in [-0.39, 0.29) is 5.91 Å². The van der Waals surface area contributed by atoms with Crippen molar-refractivity contribution in [1.29, 1.82) is 0 Å². The van der Waals surface area contributed by atoms with Crippen LogP contribution in [-0.4, -0.2) is 39.2 Å². The number of fused-ring (bicyclic) bond motifs is 1. The van der Waals surface area contributed by atoms with Gasteiger partial charge in [-0.1, -0.05) is 30.3 Å². The van der Waals surface area contributed by atoms with Gasteiger partial charge in [-0.15, -0.1) is 0 Å². The Hall–Kier alpha value is -3.41. The minimum atomic E-state index is -0.0420. The Kier molecular flexibility index (Phi) is 4.46. The van der Waals surface area contributed by atoms with E-state index in [0.717, 1.165) is 22.4 Å². The number of pyridine rings is 1. The molecule has 6 nitrogen and oxygen atoms in total. The number of hydrogen-bond donors (Lipinski definition) is 0. The second kappa shape index (κ2) is 7.07. The van der Waals surface area contributed by atoms with Crippen molar-refractivity contribution < 1.29 is 9.21 Å². The molecule has 0 atom stereocenters. The van der Waals surface area contributed by atoms with E-state index >= 15 is 0 Å². The molecule has 4 aromatic rings. The van der Waals surface area contributed by atoms with E-state index in [4.69, 9.17) is 9.40 Å². The summed E-state index contributed by atoms with van der Waals surface area (Å²) in [6, 6.07) is 15.4. The maximum absolute atomic E-state index is 12.9. The second-order valence-electron chi connectivity index (χ2n) is 6.36. The zero-order chi connectivity index (χ0) is 18.8. The molecule has 27 heavy (non-hydrogen) atoms. The molecule has 3 aromatic heterocycles. The molecule has 1 aromatic carbocycles. The van der Waals surface area contributed by atoms with E-state index in [9.17, 15) is 4.79 Å². The zero-order valence-electron chi connectivity index (χ0n) is 15.3. The third kappa shape index (κ3) is 3.21. The van der Waals surface area contributed by atoms with Crippen LogP contribution in [0.1, 0.15) is 23.0 Å². The molecule has 0 N–H and O–H groups in total. The largest absolute Gasteiger partial charge is 0.467 e. The molecule has 136 valence electrons. The highest BCUT2D eigenvalue weighted by Crippen LogP contribution is 2.26. The van der Waals surface area contributed by atoms with Gasteiger partial charge in [0.25, 0.3) is 5.91 Å². The fourth-order valence-corrected chi connectivity index (χ4v) is 3.00. The first-order valence-electron chi connectivity index (χ1n) is 8.87. The number of nitrogens with zero attached hydrogens (tertiary/aromatic N) is 4. The lowest BCUT2D eigenvalue weighted by Crippen LogP contribution is -2.26. The van der Waals surface area contributed by atoms with Crippen molar-refractivity contribution >= 4 is 16.9 Å². The van der Waals surface area contributed by atoms with Crippen LogP contribution in [0.15, 0.2) is 65.4 Å². The van der Waals surface area contributed by atoms with Gasteiger partial charge in [0.1, 0.15) is 12.3 Å². The van der Waals surface area contributed by atoms with E-state index in [2.05, 4.69) is 5.10 Å². The number of benzene rings is 1. The van der Waals surface area contributed by atoms with Crippen molar-refractivity contribution in [3.05, 3.63) is 72.3 Å². The third-order valence-electron chi connectivity index (χ3n) is 4.62. The molecule has 3 heterocycles. The van der Waals surface area contributed by atoms with Crippen molar-refractivity contribution in [3.8, 4) is 11.3 Å². The maximum atomic E-state index is 12.9. The molecule has 0 saturated heterocycles. The van der Waals surface area contributed by atoms with Crippen LogP contribution in [-0.2, 0) is 6.54 Å². The number of carbonyl (C=O) groups is 1. The number of furan rings is 1. The summed E-state index contributed by atoms with van der Waals surface area (Å²) >= 11 is 0. The monoisotopic (exact) mass is 360 g/mol. The van der Waals surface area contributed by atoms with Gasteiger partial charge in [0, 0.05) is 19.2 Å². The van der Waals surface area contributed by atoms with Gasteiger partial charge in [-0.25, -0.2) is 9.67 Å². The summed E-state index contributed by atoms with van der Waals surface area (Å²) in [4.78, 5) is 19.4. The predicted octanol–water partition coefficient (Wildman–Crippen LogP) is 3.83. The topological polar surface area (TPSA) is 64.2 Å². The van der Waals surface area contributed by atoms with Gasteiger partial charge in [-0.3, -0.25) is 4.79 Å². The molecule has 0 aliphatic rings. The van der Waals surface area contributed by atoms with Gasteiger partial charge < -0.3 is 9.32 Å². The summed E-state index contributed by atoms with van der Waals surface area (Å²) in [5.41, 5.74) is 2.98. The van der Waals surface area contributed by atoms with Gasteiger partial charge >= 0.3 is 0 Å². The first-order valence-corrected chi connectivity index (χ1v) is 8.87. The Morgan fingerprint density at radius 1 is 1.19 bits per heavy atom. The summed E-state index contributed by atoms with van der Waals surface area (Å²) in [7, 11) is 1.80. The van der Waals surface area contributed by atoms with Crippen molar-refractivity contribution in [2.45, 2.75) is 13.5 Å². The molecule has 0 fully saturated rings. The molecule has 0 bridgehead atoms. The van der Waals surface area contributed by atoms with Crippen molar-refractivity contribution in [3.63, 3.8) is 0 Å². The van der Waals surface area contributed by atoms with Crippen LogP contribution in [0.3, 0.4) is 0 Å². The Balaban J connectivity index is 1.90. The van der Waals surface area contributed by atoms with Crippen LogP contribution < -0.4 is 0 Å². The van der Waals surface area contributed by atoms with Crippen LogP contribution in [0.2, 0.25) is 0 Å². The van der Waals surface area contributed by atoms with Crippen molar-refractivity contribution in [1.82, 2.24) is 19.7 Å². The molecular weight excluding hydrogens is 340 g/mol. The van der Waals surface area contributed by atoms with Crippen molar-refractivity contribution in [2.24, 2.45) is 0 Å². The number of rotatable bonds is 5. The van der Waals surface area contributed by atoms with E-state index < -0.39 is 0 Å². The van der Waals surface area contributed by atoms with Gasteiger partial charge in [-0.2, -0.15) is 5.10 Å². The molecule has 0 saturated carbocycles. The number of carbonyl (C=O) groups excluding carboxylic acids is 1. The molecule has 0 radical (unpaired) electrons. The number of amides is 1. The molecule has 0 aliphatic carbocycles. The van der Waals surface area contributed by atoms with Crippen LogP contribution in [0.5, 0.6) is 0 Å². The van der Waals surface area contributed by atoms with Gasteiger partial charge in [0.05, 0.1) is 29.1 Å². The Bertz CT molecular complexity index is 1070. The highest BCUT2D eigenvalue weighted by Gasteiger charge is 2.20. The summed E-state index contributed by atoms with van der Waals surface area (Å²) in [6.07, 6.45) is 3.34. The van der Waals surface area contributed by atoms with E-state index in [1.54, 1.807) is 29.1 Å². The van der Waals surface area contributed by atoms with E-state index in [1.807, 2.05) is 55.5 Å². The first kappa shape index (κ1) is 17.0. The van der Waals surface area contributed by atoms with Crippen LogP contribution in [0.25, 0.3) is 22.3 Å². The van der Waals surface area contributed by atoms with E-state index in [1.165, 1.54) is 0 Å². The lowest BCUT2D eigenvalue weighted by molar-refractivity contribution is 0.0804. The molecule has 0 unspecified atom stereocenters. The lowest BCUT2D eigenvalue weighted by Gasteiger charge is -2.16.